The summed E-state index contributed by atoms with van der Waals surface area (Å²) in [6.07, 6.45) is 9.28. The number of ether oxygens (including phenoxy) is 1. The van der Waals surface area contributed by atoms with Gasteiger partial charge in [-0.2, -0.15) is 0 Å². The summed E-state index contributed by atoms with van der Waals surface area (Å²) < 4.78 is 6.18. The average molecular weight is 623 g/mol. The third-order valence-corrected chi connectivity index (χ3v) is 10.5. The van der Waals surface area contributed by atoms with Crippen LogP contribution in [0.25, 0.3) is 16.6 Å². The quantitative estimate of drug-likeness (QED) is 0.0782. The van der Waals surface area contributed by atoms with E-state index < -0.39 is 8.07 Å². The van der Waals surface area contributed by atoms with Gasteiger partial charge in [0.1, 0.15) is 17.6 Å². The summed E-state index contributed by atoms with van der Waals surface area (Å²) in [6.45, 7) is 18.9. The van der Waals surface area contributed by atoms with E-state index >= 15 is 0 Å². The first-order chi connectivity index (χ1) is 20.6. The van der Waals surface area contributed by atoms with Crippen LogP contribution in [-0.2, 0) is 4.74 Å². The summed E-state index contributed by atoms with van der Waals surface area (Å²) in [4.78, 5) is 19.1. The van der Waals surface area contributed by atoms with Crippen LogP contribution in [-0.4, -0.2) is 78.9 Å². The van der Waals surface area contributed by atoms with Crippen LogP contribution in [0, 0.1) is 0 Å². The lowest BCUT2D eigenvalue weighted by atomic mass is 10.0. The van der Waals surface area contributed by atoms with Crippen molar-refractivity contribution in [1.82, 2.24) is 25.1 Å². The van der Waals surface area contributed by atoms with Crippen LogP contribution in [0.5, 0.6) is 0 Å². The predicted molar refractivity (Wildman–Crippen MR) is 184 cm³/mol. The maximum absolute atomic E-state index is 6.59. The Bertz CT molecular complexity index is 1380. The highest BCUT2D eigenvalue weighted by Crippen LogP contribution is 2.31. The molecule has 0 atom stereocenters. The number of fused-ring (bicyclic) bond motifs is 1. The van der Waals surface area contributed by atoms with Gasteiger partial charge in [-0.25, -0.2) is 4.98 Å². The van der Waals surface area contributed by atoms with Crippen molar-refractivity contribution in [3.63, 3.8) is 0 Å². The van der Waals surface area contributed by atoms with Gasteiger partial charge in [-0.05, 0) is 69.6 Å². The number of allylic oxidation sites excluding steroid dienone is 2. The minimum absolute atomic E-state index is 0.304. The number of nitrogens with two attached hydrogens (primary N) is 1. The monoisotopic (exact) mass is 622 g/mol. The molecule has 234 valence electrons. The molecule has 4 heterocycles. The standard InChI is InChI=1S/C32H50N8OSSi/c1-7-11-27(33)26(22-34-14-10-17-39-15-8-9-16-39)25-20-29-28(35-21-25)12-13-30(36-29)40(23-41-18-19-43(4,5)6)32-38-37-31(42-32)24(2)3/h12-13,20-22,24H,7-11,14-19,23,33H2,1-6H3. The maximum atomic E-state index is 6.59. The molecule has 11 heteroatoms. The van der Waals surface area contributed by atoms with Crippen molar-refractivity contribution in [2.45, 2.75) is 84.5 Å². The highest BCUT2D eigenvalue weighted by atomic mass is 32.1. The molecule has 1 aliphatic heterocycles. The summed E-state index contributed by atoms with van der Waals surface area (Å²) in [6, 6.07) is 7.16. The van der Waals surface area contributed by atoms with E-state index in [2.05, 4.69) is 61.6 Å². The number of aromatic nitrogens is 4. The number of rotatable bonds is 16. The lowest BCUT2D eigenvalue weighted by molar-refractivity contribution is 0.153. The molecule has 0 saturated carbocycles. The highest BCUT2D eigenvalue weighted by Gasteiger charge is 2.20. The normalized spacial score (nSPS) is 15.2. The Morgan fingerprint density at radius 1 is 1.19 bits per heavy atom. The molecule has 43 heavy (non-hydrogen) atoms. The zero-order chi connectivity index (χ0) is 30.8. The van der Waals surface area contributed by atoms with Crippen molar-refractivity contribution in [2.75, 3.05) is 44.4 Å². The van der Waals surface area contributed by atoms with Crippen LogP contribution in [0.4, 0.5) is 10.9 Å². The largest absolute Gasteiger partial charge is 0.401 e. The lowest BCUT2D eigenvalue weighted by Gasteiger charge is -2.22. The van der Waals surface area contributed by atoms with Crippen LogP contribution >= 0.6 is 11.3 Å². The fourth-order valence-corrected chi connectivity index (χ4v) is 6.51. The molecule has 1 aliphatic rings. The first-order valence-electron chi connectivity index (χ1n) is 15.8. The molecule has 4 rings (SSSR count). The molecule has 1 fully saturated rings. The van der Waals surface area contributed by atoms with E-state index in [1.807, 2.05) is 29.4 Å². The van der Waals surface area contributed by atoms with E-state index in [-0.39, 0.29) is 0 Å². The zero-order valence-electron chi connectivity index (χ0n) is 27.0. The topological polar surface area (TPSA) is 106 Å². The van der Waals surface area contributed by atoms with Crippen molar-refractivity contribution >= 4 is 53.2 Å². The molecular weight excluding hydrogens is 573 g/mol. The van der Waals surface area contributed by atoms with Crippen molar-refractivity contribution in [3.8, 4) is 0 Å². The number of hydrogen-bond donors (Lipinski definition) is 1. The third-order valence-electron chi connectivity index (χ3n) is 7.53. The molecule has 2 N–H and O–H groups in total. The third kappa shape index (κ3) is 9.89. The van der Waals surface area contributed by atoms with Crippen LogP contribution in [0.3, 0.4) is 0 Å². The number of likely N-dealkylation sites (tertiary alicyclic amines) is 1. The predicted octanol–water partition coefficient (Wildman–Crippen LogP) is 7.08. The Labute approximate surface area is 262 Å². The van der Waals surface area contributed by atoms with Gasteiger partial charge in [-0.3, -0.25) is 14.9 Å². The summed E-state index contributed by atoms with van der Waals surface area (Å²) in [5, 5.41) is 10.7. The molecule has 0 radical (unpaired) electrons. The fraction of sp³-hybridized carbons (Fsp3) is 0.594. The Kier molecular flexibility index (Phi) is 12.2. The summed E-state index contributed by atoms with van der Waals surface area (Å²) in [5.74, 6) is 1.06. The summed E-state index contributed by atoms with van der Waals surface area (Å²) >= 11 is 1.58. The van der Waals surface area contributed by atoms with Gasteiger partial charge in [0.25, 0.3) is 0 Å². The number of aliphatic imine (C=N–C) groups is 1. The average Bonchev–Trinajstić information content (AvgIpc) is 3.67. The second-order valence-electron chi connectivity index (χ2n) is 12.9. The van der Waals surface area contributed by atoms with Crippen molar-refractivity contribution in [2.24, 2.45) is 10.7 Å². The molecule has 3 aromatic rings. The summed E-state index contributed by atoms with van der Waals surface area (Å²) in [7, 11) is -1.21. The van der Waals surface area contributed by atoms with Gasteiger partial charge >= 0.3 is 0 Å². The van der Waals surface area contributed by atoms with E-state index in [4.69, 9.17) is 25.4 Å². The molecule has 0 aromatic carbocycles. The van der Waals surface area contributed by atoms with E-state index in [1.165, 1.54) is 25.9 Å². The number of pyridine rings is 2. The van der Waals surface area contributed by atoms with E-state index in [0.29, 0.717) is 19.3 Å². The molecule has 0 amide bonds. The first kappa shape index (κ1) is 33.2. The highest BCUT2D eigenvalue weighted by molar-refractivity contribution is 7.15. The molecule has 1 saturated heterocycles. The van der Waals surface area contributed by atoms with Crippen LogP contribution in [0.15, 0.2) is 35.1 Å². The Morgan fingerprint density at radius 2 is 1.98 bits per heavy atom. The molecule has 0 aliphatic carbocycles. The number of hydrogen-bond acceptors (Lipinski definition) is 10. The SMILES string of the molecule is CCCC(N)=C(C=NCCCN1CCCC1)c1cnc2ccc(N(COCC[Si](C)(C)C)c3nnc(C(C)C)s3)nc2c1. The van der Waals surface area contributed by atoms with E-state index in [9.17, 15) is 0 Å². The van der Waals surface area contributed by atoms with Gasteiger partial charge in [0, 0.05) is 56.4 Å². The Morgan fingerprint density at radius 3 is 2.67 bits per heavy atom. The second-order valence-corrected chi connectivity index (χ2v) is 19.5. The second kappa shape index (κ2) is 15.8. The smallest absolute Gasteiger partial charge is 0.215 e. The molecule has 0 unspecified atom stereocenters. The Balaban J connectivity index is 1.59. The van der Waals surface area contributed by atoms with Gasteiger partial charge in [-0.15, -0.1) is 10.2 Å². The van der Waals surface area contributed by atoms with Crippen molar-refractivity contribution in [3.05, 3.63) is 40.7 Å². The van der Waals surface area contributed by atoms with Crippen molar-refractivity contribution in [1.29, 1.82) is 0 Å². The molecule has 9 nitrogen and oxygen atoms in total. The van der Waals surface area contributed by atoms with Crippen LogP contribution in [0.2, 0.25) is 25.7 Å². The van der Waals surface area contributed by atoms with E-state index in [0.717, 1.165) is 82.2 Å². The van der Waals surface area contributed by atoms with Gasteiger partial charge in [0.15, 0.2) is 0 Å². The molecule has 0 bridgehead atoms. The number of nitrogens with zero attached hydrogens (tertiary/aromatic N) is 7. The lowest BCUT2D eigenvalue weighted by Crippen LogP contribution is -2.26. The summed E-state index contributed by atoms with van der Waals surface area (Å²) in [5.41, 5.74) is 10.9. The fourth-order valence-electron chi connectivity index (χ4n) is 4.91. The molecule has 3 aromatic heterocycles. The van der Waals surface area contributed by atoms with E-state index in [1.54, 1.807) is 11.3 Å². The van der Waals surface area contributed by atoms with Gasteiger partial charge in [-0.1, -0.05) is 58.2 Å². The molecular formula is C32H50N8OSSi. The minimum Gasteiger partial charge on any atom is -0.401 e. The Hall–Kier alpha value is -2.73. The van der Waals surface area contributed by atoms with Gasteiger partial charge in [0.2, 0.25) is 5.13 Å². The van der Waals surface area contributed by atoms with Crippen molar-refractivity contribution < 1.29 is 4.74 Å². The molecule has 0 spiro atoms. The number of anilines is 2. The maximum Gasteiger partial charge on any atom is 0.215 e. The first-order valence-corrected chi connectivity index (χ1v) is 20.3. The van der Waals surface area contributed by atoms with Crippen LogP contribution in [0.1, 0.15) is 69.4 Å². The minimum atomic E-state index is -1.21. The van der Waals surface area contributed by atoms with Gasteiger partial charge < -0.3 is 15.4 Å². The zero-order valence-corrected chi connectivity index (χ0v) is 28.8. The van der Waals surface area contributed by atoms with Crippen LogP contribution < -0.4 is 10.6 Å². The van der Waals surface area contributed by atoms with Gasteiger partial charge in [0.05, 0.1) is 11.0 Å².